The van der Waals surface area contributed by atoms with E-state index in [2.05, 4.69) is 0 Å². The Hall–Kier alpha value is -1.60. The second-order valence-electron chi connectivity index (χ2n) is 4.46. The number of phenols is 1. The number of hydrogen-bond donors (Lipinski definition) is 2. The fourth-order valence-electron chi connectivity index (χ4n) is 2.22. The molecule has 1 aliphatic rings. The van der Waals surface area contributed by atoms with Crippen LogP contribution in [0.4, 0.5) is 0 Å². The lowest BCUT2D eigenvalue weighted by Crippen LogP contribution is -2.47. The van der Waals surface area contributed by atoms with Crippen molar-refractivity contribution in [3.63, 3.8) is 0 Å². The van der Waals surface area contributed by atoms with E-state index in [0.29, 0.717) is 19.3 Å². The van der Waals surface area contributed by atoms with Crippen LogP contribution < -0.4 is 0 Å². The summed E-state index contributed by atoms with van der Waals surface area (Å²) in [6.07, 6.45) is 1.65. The SMILES string of the molecule is O=C(O)C1CCCCN1S(=O)(=O)c1cccc(O)c1. The van der Waals surface area contributed by atoms with Gasteiger partial charge in [-0.05, 0) is 37.5 Å². The van der Waals surface area contributed by atoms with Crippen molar-refractivity contribution in [3.8, 4) is 5.75 Å². The van der Waals surface area contributed by atoms with Crippen LogP contribution in [0.25, 0.3) is 0 Å². The number of phenolic OH excluding ortho intramolecular Hbond substituents is 1. The van der Waals surface area contributed by atoms with Crippen LogP contribution in [-0.4, -0.2) is 41.5 Å². The third-order valence-electron chi connectivity index (χ3n) is 3.16. The number of rotatable bonds is 3. The molecule has 1 unspecified atom stereocenters. The number of carboxylic acid groups (broad SMARTS) is 1. The van der Waals surface area contributed by atoms with E-state index < -0.39 is 22.0 Å². The van der Waals surface area contributed by atoms with Gasteiger partial charge in [0.05, 0.1) is 4.90 Å². The smallest absolute Gasteiger partial charge is 0.322 e. The Kier molecular flexibility index (Phi) is 3.77. The molecule has 1 saturated heterocycles. The zero-order valence-electron chi connectivity index (χ0n) is 10.2. The van der Waals surface area contributed by atoms with Gasteiger partial charge in [0.15, 0.2) is 0 Å². The Labute approximate surface area is 111 Å². The summed E-state index contributed by atoms with van der Waals surface area (Å²) in [6.45, 7) is 0.189. The van der Waals surface area contributed by atoms with Gasteiger partial charge in [-0.15, -0.1) is 0 Å². The lowest BCUT2D eigenvalue weighted by Gasteiger charge is -2.31. The van der Waals surface area contributed by atoms with Gasteiger partial charge in [-0.3, -0.25) is 4.79 Å². The number of carbonyl (C=O) groups is 1. The predicted octanol–water partition coefficient (Wildman–Crippen LogP) is 1.02. The number of nitrogens with zero attached hydrogens (tertiary/aromatic N) is 1. The maximum absolute atomic E-state index is 12.4. The maximum Gasteiger partial charge on any atom is 0.322 e. The summed E-state index contributed by atoms with van der Waals surface area (Å²) >= 11 is 0. The maximum atomic E-state index is 12.4. The first-order chi connectivity index (χ1) is 8.93. The summed E-state index contributed by atoms with van der Waals surface area (Å²) in [5.41, 5.74) is 0. The molecule has 0 bridgehead atoms. The fourth-order valence-corrected chi connectivity index (χ4v) is 3.91. The van der Waals surface area contributed by atoms with Crippen LogP contribution in [0.2, 0.25) is 0 Å². The van der Waals surface area contributed by atoms with Gasteiger partial charge in [0.1, 0.15) is 11.8 Å². The normalized spacial score (nSPS) is 21.2. The highest BCUT2D eigenvalue weighted by Crippen LogP contribution is 2.27. The van der Waals surface area contributed by atoms with E-state index in [-0.39, 0.29) is 17.2 Å². The molecule has 7 heteroatoms. The van der Waals surface area contributed by atoms with Crippen molar-refractivity contribution in [2.24, 2.45) is 0 Å². The van der Waals surface area contributed by atoms with Gasteiger partial charge in [-0.25, -0.2) is 8.42 Å². The Morgan fingerprint density at radius 3 is 2.68 bits per heavy atom. The molecule has 0 saturated carbocycles. The Bertz CT molecular complexity index is 584. The molecule has 0 aliphatic carbocycles. The fraction of sp³-hybridized carbons (Fsp3) is 0.417. The molecule has 104 valence electrons. The number of aromatic hydroxyl groups is 1. The van der Waals surface area contributed by atoms with Gasteiger partial charge in [0.25, 0.3) is 0 Å². The van der Waals surface area contributed by atoms with Crippen LogP contribution in [-0.2, 0) is 14.8 Å². The molecular formula is C12H15NO5S. The van der Waals surface area contributed by atoms with E-state index in [9.17, 15) is 18.3 Å². The molecule has 1 aliphatic heterocycles. The molecule has 2 rings (SSSR count). The highest BCUT2D eigenvalue weighted by Gasteiger charge is 2.37. The summed E-state index contributed by atoms with van der Waals surface area (Å²) < 4.78 is 25.8. The van der Waals surface area contributed by atoms with Gasteiger partial charge in [-0.2, -0.15) is 4.31 Å². The highest BCUT2D eigenvalue weighted by atomic mass is 32.2. The third kappa shape index (κ3) is 2.71. The van der Waals surface area contributed by atoms with Crippen molar-refractivity contribution >= 4 is 16.0 Å². The van der Waals surface area contributed by atoms with Gasteiger partial charge in [0.2, 0.25) is 10.0 Å². The molecule has 0 amide bonds. The Morgan fingerprint density at radius 1 is 1.32 bits per heavy atom. The van der Waals surface area contributed by atoms with Crippen molar-refractivity contribution in [1.82, 2.24) is 4.31 Å². The van der Waals surface area contributed by atoms with Crippen LogP contribution in [0.3, 0.4) is 0 Å². The minimum absolute atomic E-state index is 0.0827. The summed E-state index contributed by atoms with van der Waals surface area (Å²) in [5, 5.41) is 18.5. The van der Waals surface area contributed by atoms with Crippen molar-refractivity contribution in [3.05, 3.63) is 24.3 Å². The topological polar surface area (TPSA) is 94.9 Å². The third-order valence-corrected chi connectivity index (χ3v) is 5.07. The standard InChI is InChI=1S/C12H15NO5S/c14-9-4-3-5-10(8-9)19(17,18)13-7-2-1-6-11(13)12(15)16/h3-5,8,11,14H,1-2,6-7H2,(H,15,16). The van der Waals surface area contributed by atoms with Crippen molar-refractivity contribution < 1.29 is 23.4 Å². The Morgan fingerprint density at radius 2 is 2.05 bits per heavy atom. The summed E-state index contributed by atoms with van der Waals surface area (Å²) in [5.74, 6) is -1.30. The van der Waals surface area contributed by atoms with Crippen LogP contribution in [0.5, 0.6) is 5.75 Å². The molecule has 2 N–H and O–H groups in total. The van der Waals surface area contributed by atoms with Crippen LogP contribution in [0.15, 0.2) is 29.2 Å². The van der Waals surface area contributed by atoms with E-state index in [1.165, 1.54) is 18.2 Å². The van der Waals surface area contributed by atoms with Crippen LogP contribution >= 0.6 is 0 Å². The molecule has 1 heterocycles. The highest BCUT2D eigenvalue weighted by molar-refractivity contribution is 7.89. The zero-order valence-corrected chi connectivity index (χ0v) is 11.0. The average Bonchev–Trinajstić information content (AvgIpc) is 2.38. The van der Waals surface area contributed by atoms with Gasteiger partial charge < -0.3 is 10.2 Å². The first kappa shape index (κ1) is 13.8. The second kappa shape index (κ2) is 5.18. The first-order valence-electron chi connectivity index (χ1n) is 5.96. The van der Waals surface area contributed by atoms with Crippen LogP contribution in [0, 0.1) is 0 Å². The predicted molar refractivity (Wildman–Crippen MR) is 67.3 cm³/mol. The summed E-state index contributed by atoms with van der Waals surface area (Å²) in [4.78, 5) is 11.1. The summed E-state index contributed by atoms with van der Waals surface area (Å²) in [6, 6.07) is 4.23. The molecule has 1 aromatic rings. The van der Waals surface area contributed by atoms with E-state index in [1.807, 2.05) is 0 Å². The number of aliphatic carboxylic acids is 1. The average molecular weight is 285 g/mol. The molecule has 0 spiro atoms. The van der Waals surface area contributed by atoms with E-state index >= 15 is 0 Å². The largest absolute Gasteiger partial charge is 0.508 e. The second-order valence-corrected chi connectivity index (χ2v) is 6.35. The molecule has 1 atom stereocenters. The van der Waals surface area contributed by atoms with Gasteiger partial charge in [0, 0.05) is 6.54 Å². The van der Waals surface area contributed by atoms with E-state index in [1.54, 1.807) is 0 Å². The Balaban J connectivity index is 2.40. The number of piperidine rings is 1. The number of carboxylic acids is 1. The van der Waals surface area contributed by atoms with Crippen molar-refractivity contribution in [2.45, 2.75) is 30.2 Å². The molecule has 1 aromatic carbocycles. The lowest BCUT2D eigenvalue weighted by atomic mass is 10.1. The van der Waals surface area contributed by atoms with Gasteiger partial charge in [-0.1, -0.05) is 6.07 Å². The quantitative estimate of drug-likeness (QED) is 0.864. The number of sulfonamides is 1. The first-order valence-corrected chi connectivity index (χ1v) is 7.40. The molecular weight excluding hydrogens is 270 g/mol. The summed E-state index contributed by atoms with van der Waals surface area (Å²) in [7, 11) is -3.89. The van der Waals surface area contributed by atoms with E-state index in [4.69, 9.17) is 5.11 Å². The molecule has 1 fully saturated rings. The number of benzene rings is 1. The van der Waals surface area contributed by atoms with Crippen LogP contribution in [0.1, 0.15) is 19.3 Å². The minimum atomic E-state index is -3.89. The lowest BCUT2D eigenvalue weighted by molar-refractivity contribution is -0.142. The molecule has 0 aromatic heterocycles. The van der Waals surface area contributed by atoms with Gasteiger partial charge >= 0.3 is 5.97 Å². The molecule has 19 heavy (non-hydrogen) atoms. The zero-order chi connectivity index (χ0) is 14.0. The minimum Gasteiger partial charge on any atom is -0.508 e. The number of hydrogen-bond acceptors (Lipinski definition) is 4. The molecule has 6 nitrogen and oxygen atoms in total. The van der Waals surface area contributed by atoms with E-state index in [0.717, 1.165) is 10.4 Å². The monoisotopic (exact) mass is 285 g/mol. The molecule has 0 radical (unpaired) electrons. The van der Waals surface area contributed by atoms with Crippen molar-refractivity contribution in [2.75, 3.05) is 6.54 Å². The van der Waals surface area contributed by atoms with Crippen molar-refractivity contribution in [1.29, 1.82) is 0 Å².